The average molecular weight is 439 g/mol. The lowest BCUT2D eigenvalue weighted by molar-refractivity contribution is 0.413. The van der Waals surface area contributed by atoms with E-state index in [9.17, 15) is 4.79 Å². The second kappa shape index (κ2) is 8.87. The second-order valence-corrected chi connectivity index (χ2v) is 8.24. The van der Waals surface area contributed by atoms with Gasteiger partial charge in [0, 0.05) is 36.5 Å². The van der Waals surface area contributed by atoms with Gasteiger partial charge in [-0.3, -0.25) is 9.36 Å². The van der Waals surface area contributed by atoms with Crippen molar-refractivity contribution in [2.45, 2.75) is 26.2 Å². The maximum absolute atomic E-state index is 13.0. The largest absolute Gasteiger partial charge is 0.495 e. The first-order valence-electron chi connectivity index (χ1n) is 11.3. The highest BCUT2D eigenvalue weighted by Crippen LogP contribution is 2.35. The highest BCUT2D eigenvalue weighted by atomic mass is 16.5. The van der Waals surface area contributed by atoms with Crippen LogP contribution in [0.15, 0.2) is 65.5 Å². The topological polar surface area (TPSA) is 51.8 Å². The number of ether oxygens (including phenoxy) is 1. The van der Waals surface area contributed by atoms with Gasteiger partial charge in [0.2, 0.25) is 0 Å². The normalized spacial score (nSPS) is 13.6. The number of methoxy groups -OCH3 is 1. The number of hydrogen-bond donors (Lipinski definition) is 0. The minimum atomic E-state index is -0.154. The lowest BCUT2D eigenvalue weighted by Gasteiger charge is -2.29. The van der Waals surface area contributed by atoms with E-state index in [0.717, 1.165) is 59.9 Å². The number of piperidine rings is 1. The third-order valence-electron chi connectivity index (χ3n) is 6.07. The Morgan fingerprint density at radius 2 is 1.70 bits per heavy atom. The van der Waals surface area contributed by atoms with Crippen molar-refractivity contribution in [3.05, 3.63) is 82.3 Å². The number of aryl methyl sites for hydroxylation is 1. The first kappa shape index (κ1) is 20.9. The van der Waals surface area contributed by atoms with Gasteiger partial charge in [0.05, 0.1) is 12.7 Å². The van der Waals surface area contributed by atoms with E-state index < -0.39 is 0 Å². The monoisotopic (exact) mass is 438 g/mol. The summed E-state index contributed by atoms with van der Waals surface area (Å²) < 4.78 is 8.85. The van der Waals surface area contributed by atoms with Crippen LogP contribution in [0.1, 0.15) is 30.5 Å². The van der Waals surface area contributed by atoms with Gasteiger partial charge in [-0.05, 0) is 44.2 Å². The molecule has 6 heteroatoms. The Bertz CT molecular complexity index is 1420. The summed E-state index contributed by atoms with van der Waals surface area (Å²) in [4.78, 5) is 15.4. The quantitative estimate of drug-likeness (QED) is 0.447. The van der Waals surface area contributed by atoms with E-state index in [1.54, 1.807) is 13.2 Å². The van der Waals surface area contributed by atoms with E-state index in [2.05, 4.69) is 16.9 Å². The molecule has 0 unspecified atom stereocenters. The molecule has 0 bridgehead atoms. The number of fused-ring (bicyclic) bond motifs is 1. The SMILES string of the molecule is COc1ccccc1C#Cn1c(C)cc(=O)n2nc(-c3ccccc3)c(N3CCCCC3)c12. The number of anilines is 1. The molecule has 0 radical (unpaired) electrons. The summed E-state index contributed by atoms with van der Waals surface area (Å²) >= 11 is 0. The van der Waals surface area contributed by atoms with E-state index in [1.165, 1.54) is 10.9 Å². The van der Waals surface area contributed by atoms with Crippen molar-refractivity contribution < 1.29 is 4.74 Å². The van der Waals surface area contributed by atoms with Crippen LogP contribution in [0, 0.1) is 18.9 Å². The van der Waals surface area contributed by atoms with Crippen LogP contribution in [0.4, 0.5) is 5.69 Å². The van der Waals surface area contributed by atoms with Crippen LogP contribution in [0.3, 0.4) is 0 Å². The summed E-state index contributed by atoms with van der Waals surface area (Å²) in [5, 5.41) is 4.80. The molecule has 1 saturated heterocycles. The zero-order valence-electron chi connectivity index (χ0n) is 18.9. The van der Waals surface area contributed by atoms with Crippen LogP contribution in [0.5, 0.6) is 5.75 Å². The molecule has 4 aromatic rings. The lowest BCUT2D eigenvalue weighted by Crippen LogP contribution is -2.30. The molecule has 6 nitrogen and oxygen atoms in total. The van der Waals surface area contributed by atoms with Crippen molar-refractivity contribution in [1.82, 2.24) is 14.2 Å². The van der Waals surface area contributed by atoms with Crippen LogP contribution in [0.25, 0.3) is 16.9 Å². The van der Waals surface area contributed by atoms with Gasteiger partial charge in [0.15, 0.2) is 5.65 Å². The highest BCUT2D eigenvalue weighted by molar-refractivity contribution is 5.87. The Morgan fingerprint density at radius 1 is 0.970 bits per heavy atom. The van der Waals surface area contributed by atoms with Crippen molar-refractivity contribution in [2.75, 3.05) is 25.1 Å². The van der Waals surface area contributed by atoms with Gasteiger partial charge in [-0.15, -0.1) is 0 Å². The van der Waals surface area contributed by atoms with E-state index in [4.69, 9.17) is 9.84 Å². The molecule has 33 heavy (non-hydrogen) atoms. The van der Waals surface area contributed by atoms with Crippen LogP contribution in [-0.4, -0.2) is 34.4 Å². The van der Waals surface area contributed by atoms with Crippen molar-refractivity contribution in [3.63, 3.8) is 0 Å². The predicted molar refractivity (Wildman–Crippen MR) is 131 cm³/mol. The van der Waals surface area contributed by atoms with Crippen molar-refractivity contribution in [3.8, 4) is 29.0 Å². The Morgan fingerprint density at radius 3 is 2.45 bits per heavy atom. The van der Waals surface area contributed by atoms with Crippen LogP contribution in [-0.2, 0) is 0 Å². The summed E-state index contributed by atoms with van der Waals surface area (Å²) in [6.07, 6.45) is 3.46. The maximum Gasteiger partial charge on any atom is 0.274 e. The van der Waals surface area contributed by atoms with Crippen molar-refractivity contribution in [1.29, 1.82) is 0 Å². The molecule has 166 valence electrons. The number of rotatable bonds is 3. The minimum absolute atomic E-state index is 0.154. The summed E-state index contributed by atoms with van der Waals surface area (Å²) in [7, 11) is 1.64. The molecule has 5 rings (SSSR count). The maximum atomic E-state index is 13.0. The molecule has 3 heterocycles. The van der Waals surface area contributed by atoms with E-state index in [0.29, 0.717) is 5.65 Å². The average Bonchev–Trinajstić information content (AvgIpc) is 3.26. The first-order chi connectivity index (χ1) is 16.2. The number of hydrogen-bond acceptors (Lipinski definition) is 4. The fourth-order valence-electron chi connectivity index (χ4n) is 4.43. The van der Waals surface area contributed by atoms with Gasteiger partial charge < -0.3 is 9.64 Å². The van der Waals surface area contributed by atoms with Crippen molar-refractivity contribution >= 4 is 11.3 Å². The molecule has 1 aliphatic heterocycles. The fourth-order valence-corrected chi connectivity index (χ4v) is 4.43. The predicted octanol–water partition coefficient (Wildman–Crippen LogP) is 4.33. The number of aromatic nitrogens is 3. The highest BCUT2D eigenvalue weighted by Gasteiger charge is 2.25. The Hall–Kier alpha value is -3.98. The molecule has 0 spiro atoms. The summed E-state index contributed by atoms with van der Waals surface area (Å²) in [5.74, 6) is 3.96. The molecule has 0 aliphatic carbocycles. The fraction of sp³-hybridized carbons (Fsp3) is 0.259. The molecule has 1 fully saturated rings. The van der Waals surface area contributed by atoms with Gasteiger partial charge in [0.25, 0.3) is 5.56 Å². The van der Waals surface area contributed by atoms with Gasteiger partial charge >= 0.3 is 0 Å². The molecule has 2 aromatic heterocycles. The van der Waals surface area contributed by atoms with Crippen LogP contribution >= 0.6 is 0 Å². The molecular weight excluding hydrogens is 412 g/mol. The first-order valence-corrected chi connectivity index (χ1v) is 11.3. The summed E-state index contributed by atoms with van der Waals surface area (Å²) in [6, 6.07) is 22.6. The Balaban J connectivity index is 1.80. The Kier molecular flexibility index (Phi) is 5.62. The standard InChI is InChI=1S/C27H26N4O2/c1-20-19-24(32)31-27(30(20)18-15-21-11-7-8-14-23(21)33-2)26(29-16-9-4-10-17-29)25(28-31)22-12-5-3-6-13-22/h3,5-8,11-14,19H,4,9-10,16-17H2,1-2H3. The van der Waals surface area contributed by atoms with Gasteiger partial charge in [-0.25, -0.2) is 0 Å². The third-order valence-corrected chi connectivity index (χ3v) is 6.07. The van der Waals surface area contributed by atoms with Gasteiger partial charge in [0.1, 0.15) is 17.1 Å². The van der Waals surface area contributed by atoms with E-state index in [1.807, 2.05) is 66.1 Å². The third kappa shape index (κ3) is 3.87. The zero-order valence-corrected chi connectivity index (χ0v) is 18.9. The zero-order chi connectivity index (χ0) is 22.8. The molecule has 0 N–H and O–H groups in total. The molecular formula is C27H26N4O2. The number of para-hydroxylation sites is 1. The van der Waals surface area contributed by atoms with Crippen LogP contribution < -0.4 is 15.2 Å². The lowest BCUT2D eigenvalue weighted by atomic mass is 10.1. The molecule has 0 amide bonds. The van der Waals surface area contributed by atoms with Crippen molar-refractivity contribution in [2.24, 2.45) is 0 Å². The number of benzene rings is 2. The molecule has 2 aromatic carbocycles. The van der Waals surface area contributed by atoms with Gasteiger partial charge in [-0.2, -0.15) is 9.61 Å². The second-order valence-electron chi connectivity index (χ2n) is 8.24. The smallest absolute Gasteiger partial charge is 0.274 e. The van der Waals surface area contributed by atoms with Gasteiger partial charge in [-0.1, -0.05) is 42.5 Å². The van der Waals surface area contributed by atoms with E-state index in [-0.39, 0.29) is 5.56 Å². The molecule has 1 aliphatic rings. The van der Waals surface area contributed by atoms with Crippen LogP contribution in [0.2, 0.25) is 0 Å². The molecule has 0 saturated carbocycles. The Labute approximate surface area is 193 Å². The van der Waals surface area contributed by atoms with E-state index >= 15 is 0 Å². The molecule has 0 atom stereocenters. The summed E-state index contributed by atoms with van der Waals surface area (Å²) in [6.45, 7) is 3.78. The number of nitrogens with zero attached hydrogens (tertiary/aromatic N) is 4. The summed E-state index contributed by atoms with van der Waals surface area (Å²) in [5.41, 5.74) is 4.89. The minimum Gasteiger partial charge on any atom is -0.495 e.